The number of carbonyl (C=O) groups is 1. The number of anilines is 1. The number of amides is 1. The molecular weight excluding hydrogens is 362 g/mol. The van der Waals surface area contributed by atoms with Crippen LogP contribution >= 0.6 is 22.7 Å². The molecule has 7 nitrogen and oxygen atoms in total. The lowest BCUT2D eigenvalue weighted by Crippen LogP contribution is -2.09. The summed E-state index contributed by atoms with van der Waals surface area (Å²) in [5, 5.41) is 15.6. The predicted octanol–water partition coefficient (Wildman–Crippen LogP) is 3.97. The summed E-state index contributed by atoms with van der Waals surface area (Å²) in [4.78, 5) is 27.1. The third-order valence-corrected chi connectivity index (χ3v) is 5.50. The molecule has 0 spiro atoms. The highest BCUT2D eigenvalue weighted by molar-refractivity contribution is 7.17. The summed E-state index contributed by atoms with van der Waals surface area (Å²) in [6, 6.07) is 8.67. The number of fused-ring (bicyclic) bond motifs is 1. The minimum Gasteiger partial charge on any atom is -0.493 e. The van der Waals surface area contributed by atoms with Crippen molar-refractivity contribution in [3.8, 4) is 17.0 Å². The summed E-state index contributed by atoms with van der Waals surface area (Å²) in [6.07, 6.45) is 0.883. The first kappa shape index (κ1) is 15.7. The Hall–Kier alpha value is -2.78. The average molecular weight is 373 g/mol. The van der Waals surface area contributed by atoms with Crippen LogP contribution in [0.4, 0.5) is 10.1 Å². The van der Waals surface area contributed by atoms with Crippen LogP contribution in [0.3, 0.4) is 0 Å². The molecule has 0 radical (unpaired) electrons. The molecule has 4 rings (SSSR count). The van der Waals surface area contributed by atoms with Crippen molar-refractivity contribution in [1.82, 2.24) is 4.98 Å². The fourth-order valence-electron chi connectivity index (χ4n) is 2.52. The van der Waals surface area contributed by atoms with Crippen molar-refractivity contribution < 1.29 is 14.5 Å². The maximum absolute atomic E-state index is 12.2. The number of carbonyl (C=O) groups excluding carboxylic acids is 1. The van der Waals surface area contributed by atoms with Crippen LogP contribution in [-0.4, -0.2) is 22.4 Å². The van der Waals surface area contributed by atoms with Gasteiger partial charge in [-0.05, 0) is 29.8 Å². The van der Waals surface area contributed by atoms with Gasteiger partial charge in [0.2, 0.25) is 0 Å². The highest BCUT2D eigenvalue weighted by Crippen LogP contribution is 2.32. The number of hydrogen-bond donors (Lipinski definition) is 1. The van der Waals surface area contributed by atoms with Crippen molar-refractivity contribution in [2.45, 2.75) is 6.42 Å². The molecule has 3 heterocycles. The normalized spacial score (nSPS) is 12.5. The smallest absolute Gasteiger partial charge is 0.324 e. The number of rotatable bonds is 4. The van der Waals surface area contributed by atoms with E-state index in [1.165, 1.54) is 23.5 Å². The summed E-state index contributed by atoms with van der Waals surface area (Å²) in [7, 11) is 0. The number of thiophene rings is 1. The first-order valence-electron chi connectivity index (χ1n) is 7.37. The number of nitrogens with one attached hydrogen (secondary N) is 1. The first-order chi connectivity index (χ1) is 12.1. The Morgan fingerprint density at radius 1 is 1.32 bits per heavy atom. The van der Waals surface area contributed by atoms with E-state index in [1.54, 1.807) is 0 Å². The van der Waals surface area contributed by atoms with Crippen LogP contribution < -0.4 is 10.1 Å². The van der Waals surface area contributed by atoms with Crippen molar-refractivity contribution in [1.29, 1.82) is 0 Å². The third-order valence-electron chi connectivity index (χ3n) is 3.71. The Labute approximate surface area is 150 Å². The summed E-state index contributed by atoms with van der Waals surface area (Å²) in [5.74, 6) is 0.508. The van der Waals surface area contributed by atoms with E-state index in [9.17, 15) is 14.9 Å². The minimum atomic E-state index is -0.513. The fourth-order valence-corrected chi connectivity index (χ4v) is 3.95. The van der Waals surface area contributed by atoms with Crippen LogP contribution in [-0.2, 0) is 6.42 Å². The molecule has 0 unspecified atom stereocenters. The second-order valence-electron chi connectivity index (χ2n) is 5.31. The van der Waals surface area contributed by atoms with Crippen molar-refractivity contribution in [3.05, 3.63) is 56.3 Å². The van der Waals surface area contributed by atoms with E-state index in [1.807, 2.05) is 23.6 Å². The summed E-state index contributed by atoms with van der Waals surface area (Å²) >= 11 is 2.15. The fraction of sp³-hybridized carbons (Fsp3) is 0.125. The van der Waals surface area contributed by atoms with Crippen molar-refractivity contribution >= 4 is 38.7 Å². The standard InChI is InChI=1S/C16H11N3O4S2/c20-15(13-3-4-14(25-13)19(21)22)18-16-17-11(8-24-16)9-1-2-12-10(7-9)5-6-23-12/h1-4,7-8H,5-6H2,(H,17,18,20). The van der Waals surface area contributed by atoms with Gasteiger partial charge in [-0.15, -0.1) is 11.3 Å². The monoisotopic (exact) mass is 373 g/mol. The van der Waals surface area contributed by atoms with Crippen LogP contribution in [0, 0.1) is 10.1 Å². The van der Waals surface area contributed by atoms with Gasteiger partial charge in [-0.1, -0.05) is 11.3 Å². The second-order valence-corrected chi connectivity index (χ2v) is 7.23. The number of thiazole rings is 1. The molecule has 9 heteroatoms. The second kappa shape index (κ2) is 6.26. The largest absolute Gasteiger partial charge is 0.493 e. The molecular formula is C16H11N3O4S2. The van der Waals surface area contributed by atoms with Gasteiger partial charge in [-0.3, -0.25) is 20.2 Å². The molecule has 1 aromatic carbocycles. The van der Waals surface area contributed by atoms with Crippen molar-refractivity contribution in [2.75, 3.05) is 11.9 Å². The summed E-state index contributed by atoms with van der Waals surface area (Å²) in [5.41, 5.74) is 2.89. The molecule has 25 heavy (non-hydrogen) atoms. The van der Waals surface area contributed by atoms with Gasteiger partial charge in [0, 0.05) is 23.4 Å². The molecule has 0 bridgehead atoms. The molecule has 0 aliphatic carbocycles. The van der Waals surface area contributed by atoms with Gasteiger partial charge in [0.25, 0.3) is 5.91 Å². The topological polar surface area (TPSA) is 94.4 Å². The molecule has 1 aliphatic rings. The maximum atomic E-state index is 12.2. The number of hydrogen-bond acceptors (Lipinski definition) is 7. The molecule has 0 saturated heterocycles. The molecule has 0 fully saturated rings. The Kier molecular flexibility index (Phi) is 3.94. The van der Waals surface area contributed by atoms with Gasteiger partial charge in [0.1, 0.15) is 5.75 Å². The van der Waals surface area contributed by atoms with Gasteiger partial charge in [-0.25, -0.2) is 4.98 Å². The molecule has 0 saturated carbocycles. The third kappa shape index (κ3) is 3.11. The zero-order valence-electron chi connectivity index (χ0n) is 12.7. The molecule has 1 amide bonds. The van der Waals surface area contributed by atoms with Gasteiger partial charge < -0.3 is 4.74 Å². The van der Waals surface area contributed by atoms with E-state index in [0.29, 0.717) is 11.7 Å². The van der Waals surface area contributed by atoms with E-state index >= 15 is 0 Å². The highest BCUT2D eigenvalue weighted by Gasteiger charge is 2.17. The summed E-state index contributed by atoms with van der Waals surface area (Å²) in [6.45, 7) is 0.699. The van der Waals surface area contributed by atoms with Crippen LogP contribution in [0.2, 0.25) is 0 Å². The average Bonchev–Trinajstić information content (AvgIpc) is 3.33. The maximum Gasteiger partial charge on any atom is 0.324 e. The van der Waals surface area contributed by atoms with Crippen LogP contribution in [0.5, 0.6) is 5.75 Å². The zero-order chi connectivity index (χ0) is 17.4. The van der Waals surface area contributed by atoms with Crippen molar-refractivity contribution in [3.63, 3.8) is 0 Å². The molecule has 1 N–H and O–H groups in total. The van der Waals surface area contributed by atoms with E-state index in [4.69, 9.17) is 4.74 Å². The first-order valence-corrected chi connectivity index (χ1v) is 9.07. The van der Waals surface area contributed by atoms with Gasteiger partial charge in [-0.2, -0.15) is 0 Å². The number of nitrogens with zero attached hydrogens (tertiary/aromatic N) is 2. The van der Waals surface area contributed by atoms with Crippen LogP contribution in [0.25, 0.3) is 11.3 Å². The minimum absolute atomic E-state index is 0.0645. The zero-order valence-corrected chi connectivity index (χ0v) is 14.4. The molecule has 1 aliphatic heterocycles. The van der Waals surface area contributed by atoms with Gasteiger partial charge in [0.15, 0.2) is 5.13 Å². The van der Waals surface area contributed by atoms with Gasteiger partial charge in [0.05, 0.1) is 22.1 Å². The van der Waals surface area contributed by atoms with Crippen molar-refractivity contribution in [2.24, 2.45) is 0 Å². The van der Waals surface area contributed by atoms with E-state index < -0.39 is 10.8 Å². The SMILES string of the molecule is O=C(Nc1nc(-c2ccc3c(c2)CCO3)cs1)c1ccc([N+](=O)[O-])s1. The Morgan fingerprint density at radius 2 is 2.20 bits per heavy atom. The molecule has 3 aromatic rings. The number of aromatic nitrogens is 1. The van der Waals surface area contributed by atoms with Crippen LogP contribution in [0.1, 0.15) is 15.2 Å². The number of ether oxygens (including phenoxy) is 1. The lowest BCUT2D eigenvalue weighted by Gasteiger charge is -2.01. The predicted molar refractivity (Wildman–Crippen MR) is 95.7 cm³/mol. The molecule has 126 valence electrons. The number of benzene rings is 1. The lowest BCUT2D eigenvalue weighted by molar-refractivity contribution is -0.380. The molecule has 0 atom stereocenters. The number of nitro groups is 1. The summed E-state index contributed by atoms with van der Waals surface area (Å²) < 4.78 is 5.49. The Bertz CT molecular complexity index is 979. The van der Waals surface area contributed by atoms with Gasteiger partial charge >= 0.3 is 5.00 Å². The Morgan fingerprint density at radius 3 is 3.00 bits per heavy atom. The van der Waals surface area contributed by atoms with E-state index in [-0.39, 0.29) is 9.88 Å². The quantitative estimate of drug-likeness (QED) is 0.552. The van der Waals surface area contributed by atoms with E-state index in [0.717, 1.165) is 40.3 Å². The Balaban J connectivity index is 1.51. The molecule has 2 aromatic heterocycles. The lowest BCUT2D eigenvalue weighted by atomic mass is 10.1. The highest BCUT2D eigenvalue weighted by atomic mass is 32.1. The van der Waals surface area contributed by atoms with Crippen LogP contribution in [0.15, 0.2) is 35.7 Å². The van der Waals surface area contributed by atoms with E-state index in [2.05, 4.69) is 10.3 Å².